The molecule has 1 aliphatic rings. The lowest BCUT2D eigenvalue weighted by Crippen LogP contribution is -2.30. The number of carbonyl (C=O) groups excluding carboxylic acids is 1. The van der Waals surface area contributed by atoms with E-state index in [1.165, 1.54) is 0 Å². The van der Waals surface area contributed by atoms with Crippen LogP contribution in [-0.2, 0) is 4.79 Å². The van der Waals surface area contributed by atoms with E-state index in [0.29, 0.717) is 12.1 Å². The van der Waals surface area contributed by atoms with Crippen LogP contribution in [0.1, 0.15) is 6.92 Å². The zero-order valence-electron chi connectivity index (χ0n) is 10.4. The highest BCUT2D eigenvalue weighted by Gasteiger charge is 2.18. The Morgan fingerprint density at radius 3 is 3.11 bits per heavy atom. The second-order valence-corrected chi connectivity index (χ2v) is 4.40. The molecule has 0 unspecified atom stereocenters. The number of nitrogens with one attached hydrogen (secondary N) is 1. The van der Waals surface area contributed by atoms with E-state index in [2.05, 4.69) is 15.2 Å². The number of H-pyrrole nitrogens is 1. The van der Waals surface area contributed by atoms with Crippen molar-refractivity contribution in [2.75, 3.05) is 11.4 Å². The monoisotopic (exact) mass is 255 g/mol. The van der Waals surface area contributed by atoms with Gasteiger partial charge < -0.3 is 10.6 Å². The summed E-state index contributed by atoms with van der Waals surface area (Å²) in [5.41, 5.74) is 8.60. The van der Waals surface area contributed by atoms with Crippen LogP contribution in [0, 0.1) is 0 Å². The number of hydrogen-bond donors (Lipinski definition) is 2. The number of rotatable bonds is 2. The predicted octanol–water partition coefficient (Wildman–Crippen LogP) is 1.17. The number of primary amides is 1. The smallest absolute Gasteiger partial charge is 0.248 e. The first kappa shape index (κ1) is 11.5. The quantitative estimate of drug-likeness (QED) is 0.844. The van der Waals surface area contributed by atoms with Crippen LogP contribution in [0.3, 0.4) is 0 Å². The molecule has 1 aromatic carbocycles. The Hall–Kier alpha value is -2.63. The van der Waals surface area contributed by atoms with Crippen molar-refractivity contribution in [3.8, 4) is 0 Å². The fourth-order valence-electron chi connectivity index (χ4n) is 2.16. The fourth-order valence-corrected chi connectivity index (χ4v) is 2.16. The van der Waals surface area contributed by atoms with E-state index in [1.807, 2.05) is 30.0 Å². The Balaban J connectivity index is 2.07. The first-order valence-electron chi connectivity index (χ1n) is 5.88. The van der Waals surface area contributed by atoms with Crippen molar-refractivity contribution in [3.63, 3.8) is 0 Å². The van der Waals surface area contributed by atoms with Crippen molar-refractivity contribution in [2.24, 2.45) is 10.7 Å². The summed E-state index contributed by atoms with van der Waals surface area (Å²) >= 11 is 0. The van der Waals surface area contributed by atoms with Gasteiger partial charge in [-0.15, -0.1) is 0 Å². The third-order valence-corrected chi connectivity index (χ3v) is 3.24. The van der Waals surface area contributed by atoms with Gasteiger partial charge in [0.15, 0.2) is 0 Å². The van der Waals surface area contributed by atoms with Gasteiger partial charge in [-0.2, -0.15) is 5.10 Å². The molecule has 0 atom stereocenters. The van der Waals surface area contributed by atoms with Crippen LogP contribution >= 0.6 is 0 Å². The van der Waals surface area contributed by atoms with E-state index >= 15 is 0 Å². The summed E-state index contributed by atoms with van der Waals surface area (Å²) in [5, 5.41) is 7.89. The van der Waals surface area contributed by atoms with E-state index in [-0.39, 0.29) is 0 Å². The predicted molar refractivity (Wildman–Crippen MR) is 73.8 cm³/mol. The van der Waals surface area contributed by atoms with Crippen molar-refractivity contribution in [1.29, 1.82) is 0 Å². The molecule has 0 bridgehead atoms. The number of nitrogens with two attached hydrogens (primary N) is 1. The number of allylic oxidation sites excluding steroid dienone is 1. The van der Waals surface area contributed by atoms with Gasteiger partial charge in [0, 0.05) is 16.8 Å². The van der Waals surface area contributed by atoms with Crippen molar-refractivity contribution < 1.29 is 4.79 Å². The number of carbonyl (C=O) groups is 1. The van der Waals surface area contributed by atoms with Crippen LogP contribution in [0.25, 0.3) is 10.9 Å². The topological polar surface area (TPSA) is 87.4 Å². The van der Waals surface area contributed by atoms with Crippen LogP contribution in [0.15, 0.2) is 40.7 Å². The minimum absolute atomic E-state index is 0.339. The molecule has 0 fully saturated rings. The maximum atomic E-state index is 11.4. The van der Waals surface area contributed by atoms with Gasteiger partial charge in [0.1, 0.15) is 0 Å². The highest BCUT2D eigenvalue weighted by molar-refractivity contribution is 5.99. The Bertz CT molecular complexity index is 713. The molecular weight excluding hydrogens is 242 g/mol. The molecule has 1 aliphatic heterocycles. The number of nitrogens with zero attached hydrogens (tertiary/aromatic N) is 3. The third-order valence-electron chi connectivity index (χ3n) is 3.24. The molecule has 3 rings (SSSR count). The van der Waals surface area contributed by atoms with Gasteiger partial charge in [-0.1, -0.05) is 0 Å². The Morgan fingerprint density at radius 2 is 2.32 bits per heavy atom. The molecule has 3 N–H and O–H groups in total. The second kappa shape index (κ2) is 4.24. The van der Waals surface area contributed by atoms with Gasteiger partial charge in [0.2, 0.25) is 5.91 Å². The van der Waals surface area contributed by atoms with Crippen LogP contribution < -0.4 is 10.6 Å². The largest absolute Gasteiger partial charge is 0.366 e. The highest BCUT2D eigenvalue weighted by Crippen LogP contribution is 2.25. The number of aliphatic imine (C=N–C) groups is 1. The SMILES string of the molecule is CC1=C(C(N)=O)CN=CN1c1ccc2[nH]ncc2c1. The minimum atomic E-state index is -0.427. The maximum Gasteiger partial charge on any atom is 0.248 e. The Kier molecular flexibility index (Phi) is 2.56. The number of hydrogen-bond acceptors (Lipinski definition) is 4. The number of aromatic nitrogens is 2. The molecule has 2 heterocycles. The summed E-state index contributed by atoms with van der Waals surface area (Å²) in [6, 6.07) is 5.87. The molecule has 1 amide bonds. The first-order valence-corrected chi connectivity index (χ1v) is 5.88. The molecule has 0 saturated carbocycles. The molecule has 6 nitrogen and oxygen atoms in total. The van der Waals surface area contributed by atoms with Crippen molar-refractivity contribution in [3.05, 3.63) is 35.7 Å². The molecule has 0 radical (unpaired) electrons. The van der Waals surface area contributed by atoms with Crippen molar-refractivity contribution in [2.45, 2.75) is 6.92 Å². The van der Waals surface area contributed by atoms with Crippen LogP contribution in [-0.4, -0.2) is 29.0 Å². The summed E-state index contributed by atoms with van der Waals surface area (Å²) < 4.78 is 0. The molecule has 6 heteroatoms. The molecular formula is C13H13N5O. The Morgan fingerprint density at radius 1 is 1.47 bits per heavy atom. The average Bonchev–Trinajstić information content (AvgIpc) is 2.85. The normalized spacial score (nSPS) is 15.3. The average molecular weight is 255 g/mol. The van der Waals surface area contributed by atoms with Gasteiger partial charge in [0.05, 0.1) is 30.2 Å². The lowest BCUT2D eigenvalue weighted by molar-refractivity contribution is -0.114. The summed E-state index contributed by atoms with van der Waals surface area (Å²) in [5.74, 6) is -0.427. The van der Waals surface area contributed by atoms with Crippen LogP contribution in [0.5, 0.6) is 0 Å². The van der Waals surface area contributed by atoms with Gasteiger partial charge >= 0.3 is 0 Å². The molecule has 0 saturated heterocycles. The zero-order chi connectivity index (χ0) is 13.4. The number of fused-ring (bicyclic) bond motifs is 1. The lowest BCUT2D eigenvalue weighted by Gasteiger charge is -2.25. The minimum Gasteiger partial charge on any atom is -0.366 e. The standard InChI is InChI=1S/C13H13N5O/c1-8-11(13(14)19)6-15-7-18(8)10-2-3-12-9(4-10)5-16-17-12/h2-5,7H,6H2,1H3,(H2,14,19)(H,16,17). The number of aromatic amines is 1. The van der Waals surface area contributed by atoms with Crippen LogP contribution in [0.2, 0.25) is 0 Å². The molecule has 96 valence electrons. The number of benzene rings is 1. The van der Waals surface area contributed by atoms with Crippen molar-refractivity contribution >= 4 is 28.8 Å². The first-order chi connectivity index (χ1) is 9.16. The van der Waals surface area contributed by atoms with E-state index in [9.17, 15) is 4.79 Å². The molecule has 0 aliphatic carbocycles. The summed E-state index contributed by atoms with van der Waals surface area (Å²) in [4.78, 5) is 17.4. The zero-order valence-corrected chi connectivity index (χ0v) is 10.4. The summed E-state index contributed by atoms with van der Waals surface area (Å²) in [6.07, 6.45) is 3.47. The second-order valence-electron chi connectivity index (χ2n) is 4.40. The lowest BCUT2D eigenvalue weighted by atomic mass is 10.1. The van der Waals surface area contributed by atoms with Crippen LogP contribution in [0.4, 0.5) is 5.69 Å². The maximum absolute atomic E-state index is 11.4. The van der Waals surface area contributed by atoms with Gasteiger partial charge in [-0.05, 0) is 25.1 Å². The van der Waals surface area contributed by atoms with Gasteiger partial charge in [-0.25, -0.2) is 0 Å². The van der Waals surface area contributed by atoms with Gasteiger partial charge in [-0.3, -0.25) is 14.9 Å². The van der Waals surface area contributed by atoms with Gasteiger partial charge in [0.25, 0.3) is 0 Å². The fraction of sp³-hybridized carbons (Fsp3) is 0.154. The Labute approximate surface area is 109 Å². The van der Waals surface area contributed by atoms with E-state index in [4.69, 9.17) is 5.73 Å². The summed E-state index contributed by atoms with van der Waals surface area (Å²) in [6.45, 7) is 2.20. The third kappa shape index (κ3) is 1.87. The molecule has 1 aromatic heterocycles. The molecule has 2 aromatic rings. The van der Waals surface area contributed by atoms with E-state index in [1.54, 1.807) is 12.5 Å². The number of anilines is 1. The number of amides is 1. The van der Waals surface area contributed by atoms with Crippen molar-refractivity contribution in [1.82, 2.24) is 10.2 Å². The van der Waals surface area contributed by atoms with E-state index < -0.39 is 5.91 Å². The molecule has 0 spiro atoms. The summed E-state index contributed by atoms with van der Waals surface area (Å²) in [7, 11) is 0. The molecule has 19 heavy (non-hydrogen) atoms. The van der Waals surface area contributed by atoms with E-state index in [0.717, 1.165) is 22.3 Å². The highest BCUT2D eigenvalue weighted by atomic mass is 16.1.